The molecule has 0 unspecified atom stereocenters. The smallest absolute Gasteiger partial charge is 0.271 e. The molecule has 10 heteroatoms. The molecule has 0 fully saturated rings. The highest BCUT2D eigenvalue weighted by Crippen LogP contribution is 2.28. The maximum atomic E-state index is 12.3. The first-order chi connectivity index (χ1) is 14.3. The van der Waals surface area contributed by atoms with Gasteiger partial charge in [-0.2, -0.15) is 0 Å². The van der Waals surface area contributed by atoms with Gasteiger partial charge in [0.25, 0.3) is 15.9 Å². The highest BCUT2D eigenvalue weighted by molar-refractivity contribution is 7.94. The summed E-state index contributed by atoms with van der Waals surface area (Å²) < 4.78 is 33.3. The van der Waals surface area contributed by atoms with Gasteiger partial charge in [0, 0.05) is 24.0 Å². The molecule has 0 bridgehead atoms. The molecular formula is C20H20ClN3O4S2. The minimum Gasteiger partial charge on any atom is -0.439 e. The number of pyridine rings is 1. The number of anilines is 1. The Kier molecular flexibility index (Phi) is 6.96. The predicted molar refractivity (Wildman–Crippen MR) is 118 cm³/mol. The van der Waals surface area contributed by atoms with E-state index in [1.54, 1.807) is 36.4 Å². The van der Waals surface area contributed by atoms with E-state index in [9.17, 15) is 13.2 Å². The molecule has 1 aromatic carbocycles. The largest absolute Gasteiger partial charge is 0.439 e. The number of ether oxygens (including phenoxy) is 1. The van der Waals surface area contributed by atoms with E-state index in [2.05, 4.69) is 15.0 Å². The Hall–Kier alpha value is -2.62. The second kappa shape index (κ2) is 9.46. The summed E-state index contributed by atoms with van der Waals surface area (Å²) in [5.74, 6) is 0.602. The number of sulfonamides is 1. The van der Waals surface area contributed by atoms with Gasteiger partial charge in [-0.15, -0.1) is 11.3 Å². The number of hydrogen-bond acceptors (Lipinski definition) is 6. The van der Waals surface area contributed by atoms with Gasteiger partial charge in [-0.3, -0.25) is 9.52 Å². The molecule has 0 radical (unpaired) electrons. The van der Waals surface area contributed by atoms with Gasteiger partial charge in [-0.05, 0) is 55.8 Å². The lowest BCUT2D eigenvalue weighted by Crippen LogP contribution is -2.31. The van der Waals surface area contributed by atoms with Crippen molar-refractivity contribution < 1.29 is 17.9 Å². The normalized spacial score (nSPS) is 12.2. The lowest BCUT2D eigenvalue weighted by molar-refractivity contribution is 0.0939. The third-order valence-electron chi connectivity index (χ3n) is 4.13. The number of amides is 1. The average molecular weight is 466 g/mol. The third-order valence-corrected chi connectivity index (χ3v) is 7.24. The van der Waals surface area contributed by atoms with E-state index in [-0.39, 0.29) is 16.2 Å². The Morgan fingerprint density at radius 2 is 1.90 bits per heavy atom. The van der Waals surface area contributed by atoms with Gasteiger partial charge >= 0.3 is 0 Å². The molecule has 7 nitrogen and oxygen atoms in total. The van der Waals surface area contributed by atoms with E-state index in [0.717, 1.165) is 17.8 Å². The van der Waals surface area contributed by atoms with Gasteiger partial charge in [-0.25, -0.2) is 13.4 Å². The zero-order valence-electron chi connectivity index (χ0n) is 16.3. The number of benzene rings is 1. The van der Waals surface area contributed by atoms with Crippen molar-refractivity contribution in [1.29, 1.82) is 0 Å². The molecule has 0 saturated heterocycles. The molecule has 2 heterocycles. The topological polar surface area (TPSA) is 97.4 Å². The van der Waals surface area contributed by atoms with E-state index in [4.69, 9.17) is 16.3 Å². The molecule has 0 aliphatic carbocycles. The van der Waals surface area contributed by atoms with Gasteiger partial charge in [0.1, 0.15) is 9.96 Å². The highest BCUT2D eigenvalue weighted by atomic mass is 35.5. The predicted octanol–water partition coefficient (Wildman–Crippen LogP) is 4.92. The van der Waals surface area contributed by atoms with Crippen molar-refractivity contribution in [2.75, 3.05) is 4.72 Å². The molecule has 1 amide bonds. The lowest BCUT2D eigenvalue weighted by Gasteiger charge is -2.11. The van der Waals surface area contributed by atoms with Crippen LogP contribution in [-0.4, -0.2) is 25.4 Å². The molecule has 158 valence electrons. The Morgan fingerprint density at radius 3 is 2.47 bits per heavy atom. The molecule has 0 spiro atoms. The maximum absolute atomic E-state index is 12.3. The van der Waals surface area contributed by atoms with Crippen molar-refractivity contribution in [1.82, 2.24) is 10.3 Å². The first-order valence-electron chi connectivity index (χ1n) is 9.10. The minimum atomic E-state index is -3.69. The number of carbonyl (C=O) groups excluding carboxylic acids is 1. The molecule has 1 atom stereocenters. The SMILES string of the molecule is CC[C@H](C)NC(=O)c1ccc(Oc2ccc(NS(=O)(=O)c3ccc(Cl)s3)cc2)nc1. The second-order valence-electron chi connectivity index (χ2n) is 6.46. The van der Waals surface area contributed by atoms with Crippen molar-refractivity contribution in [3.05, 3.63) is 64.6 Å². The summed E-state index contributed by atoms with van der Waals surface area (Å²) in [5.41, 5.74) is 0.831. The van der Waals surface area contributed by atoms with E-state index in [1.807, 2.05) is 13.8 Å². The van der Waals surface area contributed by atoms with Crippen molar-refractivity contribution in [3.63, 3.8) is 0 Å². The summed E-state index contributed by atoms with van der Waals surface area (Å²) >= 11 is 6.78. The van der Waals surface area contributed by atoms with Crippen LogP contribution >= 0.6 is 22.9 Å². The van der Waals surface area contributed by atoms with Crippen molar-refractivity contribution in [3.8, 4) is 11.6 Å². The summed E-state index contributed by atoms with van der Waals surface area (Å²) in [4.78, 5) is 16.2. The number of halogens is 1. The van der Waals surface area contributed by atoms with Crippen LogP contribution in [0.3, 0.4) is 0 Å². The van der Waals surface area contributed by atoms with Crippen LogP contribution in [0.5, 0.6) is 11.6 Å². The van der Waals surface area contributed by atoms with E-state index < -0.39 is 10.0 Å². The first kappa shape index (κ1) is 22.1. The van der Waals surface area contributed by atoms with Crippen LogP contribution in [0.25, 0.3) is 0 Å². The van der Waals surface area contributed by atoms with Gasteiger partial charge in [0.15, 0.2) is 0 Å². The summed E-state index contributed by atoms with van der Waals surface area (Å²) in [6, 6.07) is 12.7. The van der Waals surface area contributed by atoms with Crippen LogP contribution in [0, 0.1) is 0 Å². The van der Waals surface area contributed by atoms with Gasteiger partial charge in [-0.1, -0.05) is 18.5 Å². The number of carbonyl (C=O) groups is 1. The molecule has 2 N–H and O–H groups in total. The van der Waals surface area contributed by atoms with Crippen LogP contribution in [0.4, 0.5) is 5.69 Å². The standard InChI is InChI=1S/C20H20ClN3O4S2/c1-3-13(2)23-20(25)14-4-10-18(22-12-14)28-16-7-5-15(6-8-16)24-30(26,27)19-11-9-17(21)29-19/h4-13,24H,3H2,1-2H3,(H,23,25)/t13-/m0/s1. The molecule has 2 aromatic heterocycles. The Labute approximate surface area is 184 Å². The maximum Gasteiger partial charge on any atom is 0.271 e. The van der Waals surface area contributed by atoms with Gasteiger partial charge in [0.2, 0.25) is 5.88 Å². The number of hydrogen-bond donors (Lipinski definition) is 2. The van der Waals surface area contributed by atoms with Gasteiger partial charge < -0.3 is 10.1 Å². The van der Waals surface area contributed by atoms with Crippen LogP contribution < -0.4 is 14.8 Å². The number of thiophene rings is 1. The zero-order valence-corrected chi connectivity index (χ0v) is 18.6. The highest BCUT2D eigenvalue weighted by Gasteiger charge is 2.17. The monoisotopic (exact) mass is 465 g/mol. The van der Waals surface area contributed by atoms with Crippen LogP contribution in [0.15, 0.2) is 58.9 Å². The molecule has 30 heavy (non-hydrogen) atoms. The van der Waals surface area contributed by atoms with E-state index in [0.29, 0.717) is 27.2 Å². The number of rotatable bonds is 8. The number of nitrogens with zero attached hydrogens (tertiary/aromatic N) is 1. The molecular weight excluding hydrogens is 446 g/mol. The van der Waals surface area contributed by atoms with Crippen LogP contribution in [0.2, 0.25) is 4.34 Å². The van der Waals surface area contributed by atoms with Crippen LogP contribution in [0.1, 0.15) is 30.6 Å². The Balaban J connectivity index is 1.62. The second-order valence-corrected chi connectivity index (χ2v) is 10.1. The first-order valence-corrected chi connectivity index (χ1v) is 11.8. The molecule has 3 aromatic rings. The quantitative estimate of drug-likeness (QED) is 0.492. The van der Waals surface area contributed by atoms with E-state index >= 15 is 0 Å². The Morgan fingerprint density at radius 1 is 1.17 bits per heavy atom. The lowest BCUT2D eigenvalue weighted by atomic mass is 10.2. The zero-order chi connectivity index (χ0) is 21.7. The van der Waals surface area contributed by atoms with Crippen molar-refractivity contribution in [2.24, 2.45) is 0 Å². The minimum absolute atomic E-state index is 0.0844. The molecule has 0 aliphatic rings. The van der Waals surface area contributed by atoms with Crippen molar-refractivity contribution >= 4 is 44.6 Å². The van der Waals surface area contributed by atoms with Crippen molar-refractivity contribution in [2.45, 2.75) is 30.5 Å². The molecule has 0 saturated carbocycles. The van der Waals surface area contributed by atoms with Gasteiger partial charge in [0.05, 0.1) is 9.90 Å². The number of aromatic nitrogens is 1. The summed E-state index contributed by atoms with van der Waals surface area (Å²) in [7, 11) is -3.69. The Bertz CT molecular complexity index is 1110. The summed E-state index contributed by atoms with van der Waals surface area (Å²) in [6.07, 6.45) is 2.29. The van der Waals surface area contributed by atoms with E-state index in [1.165, 1.54) is 18.3 Å². The fourth-order valence-electron chi connectivity index (χ4n) is 2.34. The summed E-state index contributed by atoms with van der Waals surface area (Å²) in [5, 5.41) is 2.87. The van der Waals surface area contributed by atoms with Crippen LogP contribution in [-0.2, 0) is 10.0 Å². The molecule has 0 aliphatic heterocycles. The fraction of sp³-hybridized carbons (Fsp3) is 0.200. The average Bonchev–Trinajstić information content (AvgIpc) is 3.17. The summed E-state index contributed by atoms with van der Waals surface area (Å²) in [6.45, 7) is 3.93. The number of nitrogens with one attached hydrogen (secondary N) is 2. The molecule has 3 rings (SSSR count). The third kappa shape index (κ3) is 5.71. The fourth-order valence-corrected chi connectivity index (χ4v) is 4.88.